The van der Waals surface area contributed by atoms with Crippen LogP contribution in [-0.2, 0) is 9.53 Å². The summed E-state index contributed by atoms with van der Waals surface area (Å²) < 4.78 is 24.4. The van der Waals surface area contributed by atoms with E-state index in [1.54, 1.807) is 25.3 Å². The van der Waals surface area contributed by atoms with Gasteiger partial charge in [0.2, 0.25) is 5.91 Å². The van der Waals surface area contributed by atoms with Gasteiger partial charge in [0.15, 0.2) is 0 Å². The lowest BCUT2D eigenvalue weighted by atomic mass is 10.0. The van der Waals surface area contributed by atoms with Crippen LogP contribution in [0.25, 0.3) is 0 Å². The molecule has 2 aromatic rings. The van der Waals surface area contributed by atoms with Crippen LogP contribution >= 0.6 is 11.8 Å². The predicted molar refractivity (Wildman–Crippen MR) is 108 cm³/mol. The van der Waals surface area contributed by atoms with Crippen molar-refractivity contribution in [2.75, 3.05) is 45.7 Å². The Bertz CT molecular complexity index is 767. The molecule has 7 heteroatoms. The number of carbonyl (C=O) groups is 1. The molecule has 3 rings (SSSR count). The number of thioether (sulfide) groups is 1. The fourth-order valence-electron chi connectivity index (χ4n) is 3.14. The third-order valence-electron chi connectivity index (χ3n) is 4.68. The molecule has 1 atom stereocenters. The van der Waals surface area contributed by atoms with Crippen molar-refractivity contribution in [2.45, 2.75) is 10.9 Å². The molecule has 5 nitrogen and oxygen atoms in total. The molecule has 0 radical (unpaired) electrons. The standard InChI is InChI=1S/C21H25FN2O3S/c1-26-17-8-6-16(7-9-17)19(24-10-12-27-13-11-24)14-23-21(25)15-28-20-5-3-2-4-18(20)22/h2-9,19H,10-15H2,1H3,(H,23,25)/t19-/m1/s1. The SMILES string of the molecule is COc1ccc([C@@H](CNC(=O)CSc2ccccc2F)N2CCOCC2)cc1. The number of nitrogens with one attached hydrogen (secondary N) is 1. The zero-order valence-corrected chi connectivity index (χ0v) is 16.7. The number of rotatable bonds is 8. The number of halogens is 1. The molecule has 1 aliphatic heterocycles. The Morgan fingerprint density at radius 3 is 2.61 bits per heavy atom. The smallest absolute Gasteiger partial charge is 0.230 e. The molecule has 1 heterocycles. The number of hydrogen-bond donors (Lipinski definition) is 1. The molecule has 0 bridgehead atoms. The predicted octanol–water partition coefficient (Wildman–Crippen LogP) is 3.12. The Balaban J connectivity index is 1.60. The third kappa shape index (κ3) is 5.70. The van der Waals surface area contributed by atoms with Crippen LogP contribution in [-0.4, -0.2) is 56.5 Å². The fraction of sp³-hybridized carbons (Fsp3) is 0.381. The lowest BCUT2D eigenvalue weighted by molar-refractivity contribution is -0.118. The van der Waals surface area contributed by atoms with Gasteiger partial charge in [0.1, 0.15) is 11.6 Å². The van der Waals surface area contributed by atoms with E-state index in [4.69, 9.17) is 9.47 Å². The Labute approximate surface area is 169 Å². The van der Waals surface area contributed by atoms with Crippen LogP contribution in [0.2, 0.25) is 0 Å². The first kappa shape index (κ1) is 20.6. The van der Waals surface area contributed by atoms with E-state index in [9.17, 15) is 9.18 Å². The lowest BCUT2D eigenvalue weighted by Crippen LogP contribution is -2.44. The molecule has 1 fully saturated rings. The molecule has 0 aliphatic carbocycles. The summed E-state index contributed by atoms with van der Waals surface area (Å²) in [6.45, 7) is 3.49. The van der Waals surface area contributed by atoms with Crippen molar-refractivity contribution in [1.82, 2.24) is 10.2 Å². The molecule has 1 amide bonds. The number of hydrogen-bond acceptors (Lipinski definition) is 5. The Hall–Kier alpha value is -2.09. The highest BCUT2D eigenvalue weighted by Gasteiger charge is 2.23. The van der Waals surface area contributed by atoms with E-state index >= 15 is 0 Å². The van der Waals surface area contributed by atoms with E-state index < -0.39 is 0 Å². The minimum atomic E-state index is -0.301. The van der Waals surface area contributed by atoms with Crippen molar-refractivity contribution in [2.24, 2.45) is 0 Å². The van der Waals surface area contributed by atoms with Gasteiger partial charge in [-0.3, -0.25) is 9.69 Å². The third-order valence-corrected chi connectivity index (χ3v) is 5.72. The highest BCUT2D eigenvalue weighted by atomic mass is 32.2. The molecule has 150 valence electrons. The van der Waals surface area contributed by atoms with E-state index in [1.165, 1.54) is 17.8 Å². The molecule has 28 heavy (non-hydrogen) atoms. The van der Waals surface area contributed by atoms with Crippen molar-refractivity contribution in [1.29, 1.82) is 0 Å². The van der Waals surface area contributed by atoms with E-state index in [0.717, 1.165) is 24.4 Å². The van der Waals surface area contributed by atoms with Crippen LogP contribution in [0.4, 0.5) is 4.39 Å². The van der Waals surface area contributed by atoms with Crippen LogP contribution in [0.3, 0.4) is 0 Å². The highest BCUT2D eigenvalue weighted by molar-refractivity contribution is 8.00. The van der Waals surface area contributed by atoms with Gasteiger partial charge in [-0.2, -0.15) is 0 Å². The number of carbonyl (C=O) groups excluding carboxylic acids is 1. The van der Waals surface area contributed by atoms with Gasteiger partial charge in [0.05, 0.1) is 32.1 Å². The first-order chi connectivity index (χ1) is 13.7. The maximum atomic E-state index is 13.7. The average molecular weight is 405 g/mol. The second-order valence-electron chi connectivity index (χ2n) is 6.46. The van der Waals surface area contributed by atoms with Crippen LogP contribution < -0.4 is 10.1 Å². The van der Waals surface area contributed by atoms with Crippen molar-refractivity contribution >= 4 is 17.7 Å². The Morgan fingerprint density at radius 1 is 1.21 bits per heavy atom. The quantitative estimate of drug-likeness (QED) is 0.685. The highest BCUT2D eigenvalue weighted by Crippen LogP contribution is 2.24. The van der Waals surface area contributed by atoms with Gasteiger partial charge < -0.3 is 14.8 Å². The first-order valence-corrected chi connectivity index (χ1v) is 10.3. The summed E-state index contributed by atoms with van der Waals surface area (Å²) in [6.07, 6.45) is 0. The zero-order chi connectivity index (χ0) is 19.8. The minimum absolute atomic E-state index is 0.0530. The molecule has 0 saturated carbocycles. The number of morpholine rings is 1. The van der Waals surface area contributed by atoms with E-state index in [1.807, 2.05) is 24.3 Å². The molecule has 0 unspecified atom stereocenters. The molecule has 1 N–H and O–H groups in total. The van der Waals surface area contributed by atoms with Gasteiger partial charge in [-0.25, -0.2) is 4.39 Å². The molecular weight excluding hydrogens is 379 g/mol. The summed E-state index contributed by atoms with van der Waals surface area (Å²) in [6, 6.07) is 14.5. The summed E-state index contributed by atoms with van der Waals surface area (Å²) in [5.74, 6) is 0.568. The van der Waals surface area contributed by atoms with Crippen molar-refractivity contribution < 1.29 is 18.7 Å². The van der Waals surface area contributed by atoms with Gasteiger partial charge in [0, 0.05) is 24.5 Å². The summed E-state index contributed by atoms with van der Waals surface area (Å²) in [7, 11) is 1.64. The van der Waals surface area contributed by atoms with Crippen LogP contribution in [0, 0.1) is 5.82 Å². The topological polar surface area (TPSA) is 50.8 Å². The summed E-state index contributed by atoms with van der Waals surface area (Å²) in [5.41, 5.74) is 1.12. The average Bonchev–Trinajstić information content (AvgIpc) is 2.74. The number of nitrogens with zero attached hydrogens (tertiary/aromatic N) is 1. The Morgan fingerprint density at radius 2 is 1.93 bits per heavy atom. The molecular formula is C21H25FN2O3S. The van der Waals surface area contributed by atoms with Gasteiger partial charge in [-0.05, 0) is 29.8 Å². The zero-order valence-electron chi connectivity index (χ0n) is 15.9. The number of amides is 1. The maximum Gasteiger partial charge on any atom is 0.230 e. The lowest BCUT2D eigenvalue weighted by Gasteiger charge is -2.35. The van der Waals surface area contributed by atoms with E-state index in [2.05, 4.69) is 10.2 Å². The second-order valence-corrected chi connectivity index (χ2v) is 7.48. The first-order valence-electron chi connectivity index (χ1n) is 9.27. The summed E-state index contributed by atoms with van der Waals surface area (Å²) in [4.78, 5) is 15.1. The van der Waals surface area contributed by atoms with Crippen LogP contribution in [0.15, 0.2) is 53.4 Å². The van der Waals surface area contributed by atoms with Gasteiger partial charge >= 0.3 is 0 Å². The van der Waals surface area contributed by atoms with Gasteiger partial charge in [0.25, 0.3) is 0 Å². The number of ether oxygens (including phenoxy) is 2. The summed E-state index contributed by atoms with van der Waals surface area (Å²) >= 11 is 1.21. The molecule has 2 aromatic carbocycles. The minimum Gasteiger partial charge on any atom is -0.497 e. The number of benzene rings is 2. The Kier molecular flexibility index (Phi) is 7.71. The van der Waals surface area contributed by atoms with Crippen LogP contribution in [0.5, 0.6) is 5.75 Å². The second kappa shape index (κ2) is 10.5. The fourth-order valence-corrected chi connectivity index (χ4v) is 3.91. The van der Waals surface area contributed by atoms with Crippen molar-refractivity contribution in [3.63, 3.8) is 0 Å². The largest absolute Gasteiger partial charge is 0.497 e. The van der Waals surface area contributed by atoms with Gasteiger partial charge in [-0.1, -0.05) is 24.3 Å². The number of methoxy groups -OCH3 is 1. The molecule has 0 spiro atoms. The maximum absolute atomic E-state index is 13.7. The summed E-state index contributed by atoms with van der Waals surface area (Å²) in [5, 5.41) is 3.00. The molecule has 0 aromatic heterocycles. The normalized spacial score (nSPS) is 15.8. The van der Waals surface area contributed by atoms with E-state index in [-0.39, 0.29) is 23.5 Å². The van der Waals surface area contributed by atoms with E-state index in [0.29, 0.717) is 24.7 Å². The monoisotopic (exact) mass is 404 g/mol. The molecule has 1 saturated heterocycles. The van der Waals surface area contributed by atoms with Crippen LogP contribution in [0.1, 0.15) is 11.6 Å². The van der Waals surface area contributed by atoms with Gasteiger partial charge in [-0.15, -0.1) is 11.8 Å². The van der Waals surface area contributed by atoms with Crippen molar-refractivity contribution in [3.05, 3.63) is 59.9 Å². The van der Waals surface area contributed by atoms with Crippen molar-refractivity contribution in [3.8, 4) is 5.75 Å². The molecule has 1 aliphatic rings.